The number of piperazine rings is 1. The Bertz CT molecular complexity index is 670. The lowest BCUT2D eigenvalue weighted by Gasteiger charge is -2.33. The van der Waals surface area contributed by atoms with Crippen LogP contribution in [0.25, 0.3) is 0 Å². The molecule has 0 saturated carbocycles. The Labute approximate surface area is 155 Å². The van der Waals surface area contributed by atoms with Gasteiger partial charge in [-0.3, -0.25) is 4.99 Å². The Morgan fingerprint density at radius 3 is 2.54 bits per heavy atom. The molecule has 0 aliphatic carbocycles. The van der Waals surface area contributed by atoms with E-state index in [0.29, 0.717) is 6.54 Å². The van der Waals surface area contributed by atoms with E-state index in [4.69, 9.17) is 0 Å². The summed E-state index contributed by atoms with van der Waals surface area (Å²) in [5.41, 5.74) is 1.15. The van der Waals surface area contributed by atoms with Crippen LogP contribution in [-0.4, -0.2) is 67.2 Å². The van der Waals surface area contributed by atoms with Gasteiger partial charge in [-0.15, -0.1) is 0 Å². The molecule has 26 heavy (non-hydrogen) atoms. The van der Waals surface area contributed by atoms with Crippen LogP contribution >= 0.6 is 0 Å². The zero-order valence-electron chi connectivity index (χ0n) is 15.7. The molecule has 7 heteroatoms. The standard InChI is InChI=1S/C19H29N7/c1-20-19(21-7-10-25-8-3-4-9-25)23-16-17-5-6-18(22-15-17)26-13-11-24(2)12-14-26/h3-6,8-9,15H,7,10-14,16H2,1-2H3,(H2,20,21,23). The van der Waals surface area contributed by atoms with Gasteiger partial charge in [-0.2, -0.15) is 0 Å². The first kappa shape index (κ1) is 18.3. The number of likely N-dealkylation sites (N-methyl/N-ethyl adjacent to an activating group) is 1. The number of guanidine groups is 1. The highest BCUT2D eigenvalue weighted by molar-refractivity contribution is 5.79. The Hall–Kier alpha value is -2.54. The van der Waals surface area contributed by atoms with E-state index in [1.165, 1.54) is 0 Å². The Kier molecular flexibility index (Phi) is 6.49. The molecule has 0 bridgehead atoms. The van der Waals surface area contributed by atoms with Crippen molar-refractivity contribution in [2.45, 2.75) is 13.1 Å². The second kappa shape index (κ2) is 9.24. The van der Waals surface area contributed by atoms with E-state index in [2.05, 4.69) is 66.6 Å². The van der Waals surface area contributed by atoms with Crippen molar-refractivity contribution < 1.29 is 0 Å². The molecule has 3 heterocycles. The number of hydrogen-bond acceptors (Lipinski definition) is 4. The van der Waals surface area contributed by atoms with Crippen LogP contribution in [0.4, 0.5) is 5.82 Å². The van der Waals surface area contributed by atoms with Crippen LogP contribution < -0.4 is 15.5 Å². The maximum atomic E-state index is 4.63. The van der Waals surface area contributed by atoms with Gasteiger partial charge in [0.1, 0.15) is 5.82 Å². The van der Waals surface area contributed by atoms with Crippen LogP contribution in [0, 0.1) is 0 Å². The zero-order valence-corrected chi connectivity index (χ0v) is 15.7. The van der Waals surface area contributed by atoms with Gasteiger partial charge in [0.05, 0.1) is 0 Å². The van der Waals surface area contributed by atoms with Gasteiger partial charge in [0.2, 0.25) is 0 Å². The summed E-state index contributed by atoms with van der Waals surface area (Å²) >= 11 is 0. The van der Waals surface area contributed by atoms with E-state index >= 15 is 0 Å². The first-order chi connectivity index (χ1) is 12.7. The van der Waals surface area contributed by atoms with Gasteiger partial charge in [-0.05, 0) is 30.8 Å². The highest BCUT2D eigenvalue weighted by atomic mass is 15.3. The maximum absolute atomic E-state index is 4.63. The second-order valence-corrected chi connectivity index (χ2v) is 6.59. The fourth-order valence-electron chi connectivity index (χ4n) is 2.97. The maximum Gasteiger partial charge on any atom is 0.191 e. The van der Waals surface area contributed by atoms with Gasteiger partial charge in [-0.25, -0.2) is 4.98 Å². The van der Waals surface area contributed by atoms with E-state index in [-0.39, 0.29) is 0 Å². The summed E-state index contributed by atoms with van der Waals surface area (Å²) < 4.78 is 2.14. The summed E-state index contributed by atoms with van der Waals surface area (Å²) in [4.78, 5) is 13.6. The number of hydrogen-bond donors (Lipinski definition) is 2. The van der Waals surface area contributed by atoms with Crippen molar-refractivity contribution >= 4 is 11.8 Å². The third-order valence-electron chi connectivity index (χ3n) is 4.65. The van der Waals surface area contributed by atoms with E-state index in [1.807, 2.05) is 18.3 Å². The Balaban J connectivity index is 1.43. The molecule has 140 valence electrons. The third kappa shape index (κ3) is 5.23. The molecule has 0 spiro atoms. The molecular formula is C19H29N7. The summed E-state index contributed by atoms with van der Waals surface area (Å²) in [6.45, 7) is 6.72. The predicted molar refractivity (Wildman–Crippen MR) is 107 cm³/mol. The molecule has 1 aliphatic heterocycles. The number of nitrogens with zero attached hydrogens (tertiary/aromatic N) is 5. The first-order valence-corrected chi connectivity index (χ1v) is 9.18. The molecule has 0 radical (unpaired) electrons. The molecule has 0 aromatic carbocycles. The summed E-state index contributed by atoms with van der Waals surface area (Å²) in [5.74, 6) is 1.87. The number of aromatic nitrogens is 2. The van der Waals surface area contributed by atoms with Gasteiger partial charge >= 0.3 is 0 Å². The number of aliphatic imine (C=N–C) groups is 1. The monoisotopic (exact) mass is 355 g/mol. The summed E-state index contributed by atoms with van der Waals surface area (Å²) in [6, 6.07) is 8.32. The lowest BCUT2D eigenvalue weighted by atomic mass is 10.2. The fourth-order valence-corrected chi connectivity index (χ4v) is 2.97. The molecule has 1 fully saturated rings. The predicted octanol–water partition coefficient (Wildman–Crippen LogP) is 1.00. The molecule has 1 saturated heterocycles. The van der Waals surface area contributed by atoms with Gasteiger partial charge in [0.25, 0.3) is 0 Å². The van der Waals surface area contributed by atoms with Crippen molar-refractivity contribution in [1.29, 1.82) is 0 Å². The molecule has 2 aromatic heterocycles. The van der Waals surface area contributed by atoms with Crippen LogP contribution in [0.2, 0.25) is 0 Å². The SMILES string of the molecule is CN=C(NCCn1cccc1)NCc1ccc(N2CCN(C)CC2)nc1. The molecular weight excluding hydrogens is 326 g/mol. The summed E-state index contributed by atoms with van der Waals surface area (Å²) in [6.07, 6.45) is 6.07. The number of anilines is 1. The Morgan fingerprint density at radius 2 is 1.88 bits per heavy atom. The smallest absolute Gasteiger partial charge is 0.191 e. The molecule has 3 rings (SSSR count). The van der Waals surface area contributed by atoms with Gasteiger partial charge in [0.15, 0.2) is 5.96 Å². The van der Waals surface area contributed by atoms with Crippen molar-refractivity contribution in [1.82, 2.24) is 25.1 Å². The molecule has 7 nitrogen and oxygen atoms in total. The van der Waals surface area contributed by atoms with Crippen LogP contribution in [0.3, 0.4) is 0 Å². The molecule has 0 atom stereocenters. The van der Waals surface area contributed by atoms with Crippen molar-refractivity contribution in [3.05, 3.63) is 48.4 Å². The molecule has 0 unspecified atom stereocenters. The molecule has 2 aromatic rings. The van der Waals surface area contributed by atoms with Crippen LogP contribution in [0.1, 0.15) is 5.56 Å². The Morgan fingerprint density at radius 1 is 1.12 bits per heavy atom. The fraction of sp³-hybridized carbons (Fsp3) is 0.474. The topological polar surface area (TPSA) is 60.7 Å². The summed E-state index contributed by atoms with van der Waals surface area (Å²) in [5, 5.41) is 6.67. The quantitative estimate of drug-likeness (QED) is 0.598. The highest BCUT2D eigenvalue weighted by Gasteiger charge is 2.14. The van der Waals surface area contributed by atoms with E-state index < -0.39 is 0 Å². The first-order valence-electron chi connectivity index (χ1n) is 9.18. The normalized spacial score (nSPS) is 15.9. The average molecular weight is 355 g/mol. The molecule has 1 aliphatic rings. The van der Waals surface area contributed by atoms with Crippen molar-refractivity contribution in [3.8, 4) is 0 Å². The summed E-state index contributed by atoms with van der Waals surface area (Å²) in [7, 11) is 3.96. The average Bonchev–Trinajstić information content (AvgIpc) is 3.19. The minimum Gasteiger partial charge on any atom is -0.355 e. The molecule has 2 N–H and O–H groups in total. The largest absolute Gasteiger partial charge is 0.355 e. The van der Waals surface area contributed by atoms with Gasteiger partial charge in [-0.1, -0.05) is 6.07 Å². The van der Waals surface area contributed by atoms with Gasteiger partial charge < -0.3 is 25.0 Å². The number of nitrogens with one attached hydrogen (secondary N) is 2. The van der Waals surface area contributed by atoms with E-state index in [9.17, 15) is 0 Å². The van der Waals surface area contributed by atoms with Gasteiger partial charge in [0, 0.05) is 71.5 Å². The molecule has 0 amide bonds. The van der Waals surface area contributed by atoms with E-state index in [0.717, 1.165) is 56.6 Å². The number of rotatable bonds is 6. The number of pyridine rings is 1. The van der Waals surface area contributed by atoms with Crippen LogP contribution in [0.5, 0.6) is 0 Å². The lowest BCUT2D eigenvalue weighted by molar-refractivity contribution is 0.312. The minimum atomic E-state index is 0.708. The second-order valence-electron chi connectivity index (χ2n) is 6.59. The lowest BCUT2D eigenvalue weighted by Crippen LogP contribution is -2.44. The zero-order chi connectivity index (χ0) is 18.2. The van der Waals surface area contributed by atoms with Crippen molar-refractivity contribution in [3.63, 3.8) is 0 Å². The van der Waals surface area contributed by atoms with E-state index in [1.54, 1.807) is 7.05 Å². The van der Waals surface area contributed by atoms with Crippen molar-refractivity contribution in [2.24, 2.45) is 4.99 Å². The van der Waals surface area contributed by atoms with Crippen LogP contribution in [0.15, 0.2) is 47.8 Å². The highest BCUT2D eigenvalue weighted by Crippen LogP contribution is 2.13. The third-order valence-corrected chi connectivity index (χ3v) is 4.65. The van der Waals surface area contributed by atoms with Crippen molar-refractivity contribution in [2.75, 3.05) is 51.7 Å². The minimum absolute atomic E-state index is 0.708. The van der Waals surface area contributed by atoms with Crippen LogP contribution in [-0.2, 0) is 13.1 Å².